The van der Waals surface area contributed by atoms with E-state index >= 15 is 0 Å². The van der Waals surface area contributed by atoms with Crippen LogP contribution in [-0.2, 0) is 13.0 Å². The lowest BCUT2D eigenvalue weighted by atomic mass is 10.1. The molecule has 3 nitrogen and oxygen atoms in total. The van der Waals surface area contributed by atoms with Crippen molar-refractivity contribution in [2.75, 3.05) is 13.2 Å². The maximum absolute atomic E-state index is 9.10. The van der Waals surface area contributed by atoms with Crippen LogP contribution in [0.3, 0.4) is 0 Å². The summed E-state index contributed by atoms with van der Waals surface area (Å²) in [6, 6.07) is 16.7. The molecule has 114 valence electrons. The minimum absolute atomic E-state index is 0.141. The molecule has 0 aliphatic rings. The molecule has 0 aliphatic carbocycles. The first-order valence-electron chi connectivity index (χ1n) is 7.64. The summed E-state index contributed by atoms with van der Waals surface area (Å²) in [5.41, 5.74) is 3.67. The van der Waals surface area contributed by atoms with Gasteiger partial charge in [0.15, 0.2) is 0 Å². The fraction of sp³-hybridized carbons (Fsp3) is 0.263. The molecule has 3 aromatic rings. The smallest absolute Gasteiger partial charge is 0.121 e. The summed E-state index contributed by atoms with van der Waals surface area (Å²) in [5.74, 6) is 0.873. The molecule has 1 heterocycles. The number of ether oxygens (including phenoxy) is 1. The number of aromatic nitrogens is 1. The largest absolute Gasteiger partial charge is 0.493 e. The minimum atomic E-state index is 0.141. The van der Waals surface area contributed by atoms with Crippen molar-refractivity contribution in [2.45, 2.75) is 19.9 Å². The second kappa shape index (κ2) is 6.67. The highest BCUT2D eigenvalue weighted by molar-refractivity contribution is 5.81. The first-order chi connectivity index (χ1) is 10.8. The van der Waals surface area contributed by atoms with Crippen molar-refractivity contribution in [2.24, 2.45) is 0 Å². The molecule has 0 fully saturated rings. The van der Waals surface area contributed by atoms with Gasteiger partial charge in [0, 0.05) is 25.2 Å². The summed E-state index contributed by atoms with van der Waals surface area (Å²) in [7, 11) is 0. The third kappa shape index (κ3) is 3.31. The number of rotatable bonds is 6. The van der Waals surface area contributed by atoms with Gasteiger partial charge >= 0.3 is 0 Å². The number of hydrogen-bond acceptors (Lipinski definition) is 2. The molecule has 22 heavy (non-hydrogen) atoms. The average molecular weight is 295 g/mol. The van der Waals surface area contributed by atoms with Gasteiger partial charge in [-0.15, -0.1) is 0 Å². The van der Waals surface area contributed by atoms with Crippen molar-refractivity contribution in [1.29, 1.82) is 0 Å². The normalized spacial score (nSPS) is 11.0. The van der Waals surface area contributed by atoms with E-state index in [0.717, 1.165) is 17.7 Å². The van der Waals surface area contributed by atoms with Crippen molar-refractivity contribution in [3.63, 3.8) is 0 Å². The Balaban J connectivity index is 1.67. The van der Waals surface area contributed by atoms with Crippen LogP contribution in [0.25, 0.3) is 10.9 Å². The molecule has 0 bridgehead atoms. The predicted octanol–water partition coefficient (Wildman–Crippen LogP) is 3.56. The Morgan fingerprint density at radius 2 is 2.00 bits per heavy atom. The Kier molecular flexibility index (Phi) is 4.45. The van der Waals surface area contributed by atoms with Crippen LogP contribution in [0.5, 0.6) is 5.75 Å². The van der Waals surface area contributed by atoms with Crippen molar-refractivity contribution < 1.29 is 9.84 Å². The molecule has 0 radical (unpaired) electrons. The molecule has 0 saturated carbocycles. The Hall–Kier alpha value is -2.26. The van der Waals surface area contributed by atoms with Crippen LogP contribution in [0, 0.1) is 6.92 Å². The quantitative estimate of drug-likeness (QED) is 0.754. The standard InChI is InChI=1S/C19H21NO2/c1-15-3-2-4-16(13-15)8-12-22-18-6-5-17-7-9-20(10-11-21)19(17)14-18/h2-7,9,13-14,21H,8,10-12H2,1H3. The number of nitrogens with zero attached hydrogens (tertiary/aromatic N) is 1. The van der Waals surface area contributed by atoms with Gasteiger partial charge in [-0.1, -0.05) is 29.8 Å². The van der Waals surface area contributed by atoms with Crippen molar-refractivity contribution in [1.82, 2.24) is 4.57 Å². The summed E-state index contributed by atoms with van der Waals surface area (Å²) in [6.07, 6.45) is 2.90. The number of hydrogen-bond donors (Lipinski definition) is 1. The van der Waals surface area contributed by atoms with Gasteiger partial charge in [-0.2, -0.15) is 0 Å². The van der Waals surface area contributed by atoms with Crippen LogP contribution in [0.4, 0.5) is 0 Å². The van der Waals surface area contributed by atoms with Crippen LogP contribution < -0.4 is 4.74 Å². The average Bonchev–Trinajstić information content (AvgIpc) is 2.91. The Morgan fingerprint density at radius 3 is 2.82 bits per heavy atom. The molecule has 2 aromatic carbocycles. The van der Waals surface area contributed by atoms with E-state index in [-0.39, 0.29) is 6.61 Å². The van der Waals surface area contributed by atoms with Crippen molar-refractivity contribution >= 4 is 10.9 Å². The molecular formula is C19H21NO2. The second-order valence-electron chi connectivity index (χ2n) is 5.54. The minimum Gasteiger partial charge on any atom is -0.493 e. The van der Waals surface area contributed by atoms with Gasteiger partial charge in [0.1, 0.15) is 5.75 Å². The zero-order chi connectivity index (χ0) is 15.4. The van der Waals surface area contributed by atoms with E-state index in [4.69, 9.17) is 9.84 Å². The van der Waals surface area contributed by atoms with E-state index in [2.05, 4.69) is 43.3 Å². The zero-order valence-electron chi connectivity index (χ0n) is 12.8. The lowest BCUT2D eigenvalue weighted by molar-refractivity contribution is 0.278. The molecule has 0 unspecified atom stereocenters. The number of benzene rings is 2. The van der Waals surface area contributed by atoms with Gasteiger partial charge in [-0.05, 0) is 36.1 Å². The van der Waals surface area contributed by atoms with Gasteiger partial charge < -0.3 is 14.4 Å². The fourth-order valence-electron chi connectivity index (χ4n) is 2.71. The molecular weight excluding hydrogens is 274 g/mol. The van der Waals surface area contributed by atoms with Crippen LogP contribution in [-0.4, -0.2) is 22.9 Å². The topological polar surface area (TPSA) is 34.4 Å². The van der Waals surface area contributed by atoms with E-state index in [9.17, 15) is 0 Å². The Morgan fingerprint density at radius 1 is 1.09 bits per heavy atom. The first-order valence-corrected chi connectivity index (χ1v) is 7.64. The molecule has 3 rings (SSSR count). The molecule has 1 aromatic heterocycles. The maximum Gasteiger partial charge on any atom is 0.121 e. The molecule has 1 N–H and O–H groups in total. The molecule has 3 heteroatoms. The number of fused-ring (bicyclic) bond motifs is 1. The summed E-state index contributed by atoms with van der Waals surface area (Å²) < 4.78 is 7.93. The van der Waals surface area contributed by atoms with Crippen LogP contribution in [0.1, 0.15) is 11.1 Å². The lowest BCUT2D eigenvalue weighted by Gasteiger charge is -2.08. The predicted molar refractivity (Wildman–Crippen MR) is 89.4 cm³/mol. The molecule has 0 spiro atoms. The van der Waals surface area contributed by atoms with Gasteiger partial charge in [-0.3, -0.25) is 0 Å². The maximum atomic E-state index is 9.10. The van der Waals surface area contributed by atoms with Gasteiger partial charge in [-0.25, -0.2) is 0 Å². The fourth-order valence-corrected chi connectivity index (χ4v) is 2.71. The Bertz CT molecular complexity index is 761. The molecule has 0 amide bonds. The van der Waals surface area contributed by atoms with Crippen molar-refractivity contribution in [3.8, 4) is 5.75 Å². The van der Waals surface area contributed by atoms with E-state index in [1.165, 1.54) is 16.5 Å². The highest BCUT2D eigenvalue weighted by Crippen LogP contribution is 2.22. The third-order valence-electron chi connectivity index (χ3n) is 3.83. The number of aliphatic hydroxyl groups is 1. The molecule has 0 atom stereocenters. The second-order valence-corrected chi connectivity index (χ2v) is 5.54. The SMILES string of the molecule is Cc1cccc(CCOc2ccc3ccn(CCO)c3c2)c1. The lowest BCUT2D eigenvalue weighted by Crippen LogP contribution is -2.02. The van der Waals surface area contributed by atoms with E-state index in [1.807, 2.05) is 22.9 Å². The van der Waals surface area contributed by atoms with Gasteiger partial charge in [0.2, 0.25) is 0 Å². The van der Waals surface area contributed by atoms with Crippen molar-refractivity contribution in [3.05, 3.63) is 65.9 Å². The van der Waals surface area contributed by atoms with E-state index in [0.29, 0.717) is 13.2 Å². The third-order valence-corrected chi connectivity index (χ3v) is 3.83. The number of aryl methyl sites for hydroxylation is 1. The van der Waals surface area contributed by atoms with Crippen LogP contribution >= 0.6 is 0 Å². The summed E-state index contributed by atoms with van der Waals surface area (Å²) in [4.78, 5) is 0. The van der Waals surface area contributed by atoms with Gasteiger partial charge in [0.05, 0.1) is 18.7 Å². The monoisotopic (exact) mass is 295 g/mol. The Labute approximate surface area is 130 Å². The first kappa shape index (κ1) is 14.7. The highest BCUT2D eigenvalue weighted by atomic mass is 16.5. The molecule has 0 aliphatic heterocycles. The van der Waals surface area contributed by atoms with Crippen LogP contribution in [0.15, 0.2) is 54.7 Å². The summed E-state index contributed by atoms with van der Waals surface area (Å²) >= 11 is 0. The van der Waals surface area contributed by atoms with Crippen LogP contribution in [0.2, 0.25) is 0 Å². The summed E-state index contributed by atoms with van der Waals surface area (Å²) in [5, 5.41) is 10.3. The summed E-state index contributed by atoms with van der Waals surface area (Å²) in [6.45, 7) is 3.52. The van der Waals surface area contributed by atoms with Gasteiger partial charge in [0.25, 0.3) is 0 Å². The molecule has 0 saturated heterocycles. The highest BCUT2D eigenvalue weighted by Gasteiger charge is 2.03. The van der Waals surface area contributed by atoms with E-state index in [1.54, 1.807) is 0 Å². The van der Waals surface area contributed by atoms with E-state index < -0.39 is 0 Å². The zero-order valence-corrected chi connectivity index (χ0v) is 12.8. The number of aliphatic hydroxyl groups excluding tert-OH is 1.